The Morgan fingerprint density at radius 2 is 1.82 bits per heavy atom. The molecule has 0 atom stereocenters. The summed E-state index contributed by atoms with van der Waals surface area (Å²) in [7, 11) is 4.26. The van der Waals surface area contributed by atoms with E-state index in [-0.39, 0.29) is 18.9 Å². The molecule has 0 unspecified atom stereocenters. The molecule has 3 nitrogen and oxygen atoms in total. The Balaban J connectivity index is 0. The van der Waals surface area contributed by atoms with Crippen LogP contribution in [0.3, 0.4) is 0 Å². The van der Waals surface area contributed by atoms with Crippen LogP contribution in [0.2, 0.25) is 6.04 Å². The SMILES string of the molecule is C[N-]CCC[Si](OC)OC.[Li+]. The van der Waals surface area contributed by atoms with Crippen LogP contribution in [-0.4, -0.2) is 37.1 Å². The molecule has 0 aliphatic heterocycles. The molecule has 11 heavy (non-hydrogen) atoms. The summed E-state index contributed by atoms with van der Waals surface area (Å²) in [5.74, 6) is 0. The molecule has 5 heteroatoms. The zero-order chi connectivity index (χ0) is 7.82. The van der Waals surface area contributed by atoms with Gasteiger partial charge in [-0.15, -0.1) is 6.54 Å². The number of nitrogens with zero attached hydrogens (tertiary/aromatic N) is 1. The maximum Gasteiger partial charge on any atom is 1.00 e. The van der Waals surface area contributed by atoms with E-state index in [0.29, 0.717) is 0 Å². The Morgan fingerprint density at radius 3 is 2.18 bits per heavy atom. The first-order chi connectivity index (χ1) is 4.85. The summed E-state index contributed by atoms with van der Waals surface area (Å²) < 4.78 is 10.2. The van der Waals surface area contributed by atoms with E-state index in [1.54, 1.807) is 14.2 Å². The van der Waals surface area contributed by atoms with Crippen molar-refractivity contribution in [2.24, 2.45) is 0 Å². The second-order valence-electron chi connectivity index (χ2n) is 1.92. The maximum absolute atomic E-state index is 5.08. The Bertz CT molecular complexity index is 73.6. The van der Waals surface area contributed by atoms with E-state index >= 15 is 0 Å². The molecule has 0 aromatic heterocycles. The molecule has 0 aliphatic carbocycles. The first-order valence-electron chi connectivity index (χ1n) is 3.34. The first kappa shape index (κ1) is 14.2. The van der Waals surface area contributed by atoms with Gasteiger partial charge < -0.3 is 14.2 Å². The normalized spacial score (nSPS) is 9.82. The summed E-state index contributed by atoms with van der Waals surface area (Å²) in [5, 5.41) is 3.98. The van der Waals surface area contributed by atoms with Gasteiger partial charge in [-0.25, -0.2) is 0 Å². The summed E-state index contributed by atoms with van der Waals surface area (Å²) in [6.45, 7) is 0.918. The van der Waals surface area contributed by atoms with Crippen molar-refractivity contribution in [3.05, 3.63) is 5.32 Å². The predicted molar refractivity (Wildman–Crippen MR) is 43.3 cm³/mol. The van der Waals surface area contributed by atoms with Crippen LogP contribution in [0.25, 0.3) is 5.32 Å². The van der Waals surface area contributed by atoms with Crippen molar-refractivity contribution in [1.29, 1.82) is 0 Å². The van der Waals surface area contributed by atoms with Crippen LogP contribution in [0, 0.1) is 0 Å². The third-order valence-corrected chi connectivity index (χ3v) is 2.89. The summed E-state index contributed by atoms with van der Waals surface area (Å²) in [6, 6.07) is 1.02. The zero-order valence-corrected chi connectivity index (χ0v) is 8.89. The van der Waals surface area contributed by atoms with Crippen LogP contribution in [0.4, 0.5) is 0 Å². The Labute approximate surface area is 82.9 Å². The third kappa shape index (κ3) is 8.60. The van der Waals surface area contributed by atoms with Gasteiger partial charge in [0.1, 0.15) is 0 Å². The monoisotopic (exact) mass is 168 g/mol. The number of hydrogen-bond donors (Lipinski definition) is 0. The third-order valence-electron chi connectivity index (χ3n) is 1.22. The molecule has 0 fully saturated rings. The van der Waals surface area contributed by atoms with Crippen LogP contribution in [-0.2, 0) is 8.85 Å². The number of hydrogen-bond acceptors (Lipinski definition) is 2. The molecule has 1 radical (unpaired) electrons. The molecular weight excluding hydrogens is 153 g/mol. The van der Waals surface area contributed by atoms with E-state index in [0.717, 1.165) is 19.0 Å². The molecule has 0 N–H and O–H groups in total. The maximum atomic E-state index is 5.08. The fraction of sp³-hybridized carbons (Fsp3) is 1.00. The fourth-order valence-electron chi connectivity index (χ4n) is 0.669. The van der Waals surface area contributed by atoms with E-state index in [1.807, 2.05) is 7.05 Å². The van der Waals surface area contributed by atoms with E-state index < -0.39 is 9.28 Å². The molecule has 0 aromatic carbocycles. The van der Waals surface area contributed by atoms with Gasteiger partial charge in [-0.2, -0.15) is 7.05 Å². The summed E-state index contributed by atoms with van der Waals surface area (Å²) >= 11 is 0. The van der Waals surface area contributed by atoms with Crippen molar-refractivity contribution in [1.82, 2.24) is 0 Å². The van der Waals surface area contributed by atoms with Gasteiger partial charge in [0, 0.05) is 14.2 Å². The topological polar surface area (TPSA) is 32.6 Å². The molecule has 0 aliphatic rings. The van der Waals surface area contributed by atoms with Crippen molar-refractivity contribution in [3.8, 4) is 0 Å². The van der Waals surface area contributed by atoms with Gasteiger partial charge in [-0.05, 0) is 6.04 Å². The van der Waals surface area contributed by atoms with Gasteiger partial charge in [0.15, 0.2) is 0 Å². The van der Waals surface area contributed by atoms with Gasteiger partial charge in [0.2, 0.25) is 0 Å². The van der Waals surface area contributed by atoms with Crippen molar-refractivity contribution >= 4 is 9.28 Å². The Morgan fingerprint density at radius 1 is 1.27 bits per heavy atom. The average Bonchev–Trinajstić information content (AvgIpc) is 1.99. The van der Waals surface area contributed by atoms with Gasteiger partial charge in [-0.1, -0.05) is 6.42 Å². The predicted octanol–water partition coefficient (Wildman–Crippen LogP) is -1.83. The summed E-state index contributed by atoms with van der Waals surface area (Å²) in [4.78, 5) is 0. The second-order valence-corrected chi connectivity index (χ2v) is 3.98. The molecule has 0 heterocycles. The van der Waals surface area contributed by atoms with Crippen molar-refractivity contribution in [2.45, 2.75) is 12.5 Å². The summed E-state index contributed by atoms with van der Waals surface area (Å²) in [5.41, 5.74) is 0. The quantitative estimate of drug-likeness (QED) is 0.345. The minimum atomic E-state index is -0.956. The van der Waals surface area contributed by atoms with E-state index in [9.17, 15) is 0 Å². The molecule has 61 valence electrons. The fourth-order valence-corrected chi connectivity index (χ4v) is 1.69. The van der Waals surface area contributed by atoms with E-state index in [2.05, 4.69) is 5.32 Å². The minimum Gasteiger partial charge on any atom is -0.665 e. The van der Waals surface area contributed by atoms with Crippen molar-refractivity contribution < 1.29 is 27.7 Å². The number of rotatable bonds is 6. The molecule has 0 saturated carbocycles. The van der Waals surface area contributed by atoms with Crippen LogP contribution >= 0.6 is 0 Å². The zero-order valence-electron chi connectivity index (χ0n) is 7.89. The van der Waals surface area contributed by atoms with Crippen LogP contribution < -0.4 is 18.9 Å². The molecule has 0 bridgehead atoms. The van der Waals surface area contributed by atoms with Crippen LogP contribution in [0.15, 0.2) is 0 Å². The minimum absolute atomic E-state index is 0. The standard InChI is InChI=1S/C6H15NO2Si.Li/c1-7-5-4-6-10(8-2)9-3;/h4-6H2,1-3H3;/q-1;+1. The first-order valence-corrected chi connectivity index (χ1v) is 4.87. The molecule has 0 aromatic rings. The smallest absolute Gasteiger partial charge is 0.665 e. The Kier molecular flexibility index (Phi) is 13.8. The second kappa shape index (κ2) is 10.7. The van der Waals surface area contributed by atoms with Gasteiger partial charge >= 0.3 is 28.1 Å². The average molecular weight is 168 g/mol. The van der Waals surface area contributed by atoms with Gasteiger partial charge in [0.25, 0.3) is 0 Å². The molecule has 0 amide bonds. The van der Waals surface area contributed by atoms with Crippen molar-refractivity contribution in [3.63, 3.8) is 0 Å². The molecule has 0 saturated heterocycles. The Hall–Kier alpha value is 0.694. The van der Waals surface area contributed by atoms with E-state index in [1.165, 1.54) is 0 Å². The van der Waals surface area contributed by atoms with Gasteiger partial charge in [-0.3, -0.25) is 0 Å². The molecule has 0 spiro atoms. The van der Waals surface area contributed by atoms with Gasteiger partial charge in [0.05, 0.1) is 0 Å². The largest absolute Gasteiger partial charge is 1.00 e. The summed E-state index contributed by atoms with van der Waals surface area (Å²) in [6.07, 6.45) is 1.08. The molecular formula is C6H15LiNO2Si. The van der Waals surface area contributed by atoms with E-state index in [4.69, 9.17) is 8.85 Å². The molecule has 0 rings (SSSR count). The van der Waals surface area contributed by atoms with Crippen LogP contribution in [0.1, 0.15) is 6.42 Å². The van der Waals surface area contributed by atoms with Crippen molar-refractivity contribution in [2.75, 3.05) is 27.8 Å². The van der Waals surface area contributed by atoms with Crippen LogP contribution in [0.5, 0.6) is 0 Å².